The third-order valence-electron chi connectivity index (χ3n) is 5.83. The van der Waals surface area contributed by atoms with Gasteiger partial charge >= 0.3 is 5.97 Å². The predicted molar refractivity (Wildman–Crippen MR) is 104 cm³/mol. The van der Waals surface area contributed by atoms with E-state index in [2.05, 4.69) is 6.58 Å². The monoisotopic (exact) mass is 440 g/mol. The van der Waals surface area contributed by atoms with E-state index in [1.807, 2.05) is 0 Å². The summed E-state index contributed by atoms with van der Waals surface area (Å²) in [6.45, 7) is 3.04. The van der Waals surface area contributed by atoms with Crippen molar-refractivity contribution in [3.8, 4) is 0 Å². The van der Waals surface area contributed by atoms with Crippen LogP contribution in [0.4, 0.5) is 0 Å². The fourth-order valence-electron chi connectivity index (χ4n) is 4.02. The van der Waals surface area contributed by atoms with Crippen molar-refractivity contribution in [2.45, 2.75) is 62.2 Å². The van der Waals surface area contributed by atoms with Gasteiger partial charge in [-0.05, 0) is 30.1 Å². The quantitative estimate of drug-likeness (QED) is 0.147. The number of esters is 1. The van der Waals surface area contributed by atoms with Gasteiger partial charge < -0.3 is 39.7 Å². The molecule has 0 unspecified atom stereocenters. The minimum Gasteiger partial charge on any atom is -0.454 e. The molecule has 0 aromatic heterocycles. The van der Waals surface area contributed by atoms with Crippen LogP contribution in [0.5, 0.6) is 0 Å². The Balaban J connectivity index is 1.78. The summed E-state index contributed by atoms with van der Waals surface area (Å²) in [5, 5.41) is 49.8. The molecule has 0 bridgehead atoms. The molecule has 10 nitrogen and oxygen atoms in total. The first-order valence-electron chi connectivity index (χ1n) is 10.1. The number of aliphatic hydroxyl groups excluding tert-OH is 5. The van der Waals surface area contributed by atoms with Crippen molar-refractivity contribution in [1.82, 2.24) is 0 Å². The summed E-state index contributed by atoms with van der Waals surface area (Å²) in [5.41, 5.74) is 1.16. The lowest BCUT2D eigenvalue weighted by molar-refractivity contribution is -0.299. The largest absolute Gasteiger partial charge is 0.454 e. The molecule has 2 fully saturated rings. The molecule has 172 valence electrons. The zero-order chi connectivity index (χ0) is 22.7. The second kappa shape index (κ2) is 10.1. The predicted octanol–water partition coefficient (Wildman–Crippen LogP) is -1.50. The lowest BCUT2D eigenvalue weighted by Crippen LogP contribution is -2.59. The van der Waals surface area contributed by atoms with Gasteiger partial charge in [0.25, 0.3) is 0 Å². The lowest BCUT2D eigenvalue weighted by Gasteiger charge is -2.39. The molecule has 31 heavy (non-hydrogen) atoms. The second-order valence-electron chi connectivity index (χ2n) is 7.96. The van der Waals surface area contributed by atoms with Crippen molar-refractivity contribution in [3.05, 3.63) is 35.5 Å². The third-order valence-corrected chi connectivity index (χ3v) is 5.83. The number of hydrogen-bond donors (Lipinski definition) is 5. The molecule has 3 aliphatic rings. The highest BCUT2D eigenvalue weighted by Crippen LogP contribution is 2.34. The van der Waals surface area contributed by atoms with Crippen LogP contribution in [-0.2, 0) is 23.8 Å². The molecular formula is C21H28O10. The van der Waals surface area contributed by atoms with Crippen molar-refractivity contribution in [2.24, 2.45) is 5.92 Å². The van der Waals surface area contributed by atoms with Gasteiger partial charge in [0.1, 0.15) is 36.8 Å². The van der Waals surface area contributed by atoms with Gasteiger partial charge in [-0.15, -0.1) is 0 Å². The van der Waals surface area contributed by atoms with Crippen LogP contribution in [0.25, 0.3) is 0 Å². The summed E-state index contributed by atoms with van der Waals surface area (Å²) in [6, 6.07) is 0. The van der Waals surface area contributed by atoms with E-state index in [-0.39, 0.29) is 18.6 Å². The highest BCUT2D eigenvalue weighted by molar-refractivity contribution is 5.91. The Morgan fingerprint density at radius 2 is 1.94 bits per heavy atom. The van der Waals surface area contributed by atoms with Crippen LogP contribution >= 0.6 is 0 Å². The number of carbonyl (C=O) groups excluding carboxylic acids is 2. The first kappa shape index (κ1) is 23.7. The standard InChI is InChI=1S/C21H28O10/c1-10-16-13(24)5-11(7-22)3-2-4-12(6-14(16)30-20(10)28)9-29-21-19(27)18(26)17(25)15(8-23)31-21/h3,6-7,13-19,21,23-27H,1-2,4-5,8-9H2/b11-3+,12-6-/t13-,14+,15+,16+,17+,18+,19-,21+/m0/s1. The average molecular weight is 440 g/mol. The second-order valence-corrected chi connectivity index (χ2v) is 7.96. The van der Waals surface area contributed by atoms with Crippen LogP contribution in [0.2, 0.25) is 0 Å². The Morgan fingerprint density at radius 1 is 1.19 bits per heavy atom. The normalized spacial score (nSPS) is 42.6. The van der Waals surface area contributed by atoms with Crippen molar-refractivity contribution in [2.75, 3.05) is 13.2 Å². The van der Waals surface area contributed by atoms with E-state index in [9.17, 15) is 35.1 Å². The number of fused-ring (bicyclic) bond motifs is 1. The van der Waals surface area contributed by atoms with Gasteiger partial charge in [-0.2, -0.15) is 0 Å². The number of hydrogen-bond acceptors (Lipinski definition) is 10. The van der Waals surface area contributed by atoms with Gasteiger partial charge in [0.15, 0.2) is 6.29 Å². The van der Waals surface area contributed by atoms with Gasteiger partial charge in [0.05, 0.1) is 25.2 Å². The zero-order valence-electron chi connectivity index (χ0n) is 16.9. The summed E-state index contributed by atoms with van der Waals surface area (Å²) in [7, 11) is 0. The molecule has 10 heteroatoms. The van der Waals surface area contributed by atoms with Crippen LogP contribution in [0.15, 0.2) is 35.5 Å². The summed E-state index contributed by atoms with van der Waals surface area (Å²) < 4.78 is 16.3. The Labute approximate surface area is 179 Å². The van der Waals surface area contributed by atoms with Crippen molar-refractivity contribution < 1.29 is 49.3 Å². The molecule has 8 atom stereocenters. The smallest absolute Gasteiger partial charge is 0.334 e. The fraction of sp³-hybridized carbons (Fsp3) is 0.619. The van der Waals surface area contributed by atoms with E-state index in [1.165, 1.54) is 0 Å². The molecule has 0 spiro atoms. The number of aldehydes is 1. The molecule has 2 saturated heterocycles. The molecule has 0 aromatic rings. The van der Waals surface area contributed by atoms with Gasteiger partial charge in [-0.1, -0.05) is 12.7 Å². The molecule has 2 heterocycles. The molecule has 2 aliphatic heterocycles. The fourth-order valence-corrected chi connectivity index (χ4v) is 4.02. The number of ether oxygens (including phenoxy) is 3. The van der Waals surface area contributed by atoms with Crippen LogP contribution in [-0.4, -0.2) is 93.9 Å². The average Bonchev–Trinajstić information content (AvgIpc) is 3.03. The van der Waals surface area contributed by atoms with Gasteiger partial charge in [0.2, 0.25) is 0 Å². The maximum atomic E-state index is 12.0. The maximum Gasteiger partial charge on any atom is 0.334 e. The molecule has 0 radical (unpaired) electrons. The molecule has 5 N–H and O–H groups in total. The maximum absolute atomic E-state index is 12.0. The summed E-state index contributed by atoms with van der Waals surface area (Å²) >= 11 is 0. The van der Waals surface area contributed by atoms with E-state index in [4.69, 9.17) is 14.2 Å². The van der Waals surface area contributed by atoms with Crippen molar-refractivity contribution >= 4 is 12.3 Å². The number of carbonyl (C=O) groups is 2. The van der Waals surface area contributed by atoms with E-state index < -0.39 is 61.4 Å². The summed E-state index contributed by atoms with van der Waals surface area (Å²) in [5.74, 6) is -1.36. The molecule has 0 amide bonds. The Morgan fingerprint density at radius 3 is 2.61 bits per heavy atom. The van der Waals surface area contributed by atoms with Gasteiger partial charge in [-0.25, -0.2) is 4.79 Å². The minimum absolute atomic E-state index is 0.0743. The van der Waals surface area contributed by atoms with Crippen LogP contribution in [0.1, 0.15) is 19.3 Å². The minimum atomic E-state index is -1.56. The highest BCUT2D eigenvalue weighted by atomic mass is 16.7. The van der Waals surface area contributed by atoms with Crippen molar-refractivity contribution in [1.29, 1.82) is 0 Å². The Hall–Kier alpha value is -1.92. The molecule has 3 rings (SSSR count). The molecule has 0 aromatic carbocycles. The van der Waals surface area contributed by atoms with Crippen LogP contribution in [0.3, 0.4) is 0 Å². The van der Waals surface area contributed by atoms with E-state index in [0.29, 0.717) is 30.3 Å². The van der Waals surface area contributed by atoms with E-state index in [1.54, 1.807) is 12.2 Å². The third kappa shape index (κ3) is 5.12. The van der Waals surface area contributed by atoms with E-state index in [0.717, 1.165) is 0 Å². The summed E-state index contributed by atoms with van der Waals surface area (Å²) in [4.78, 5) is 23.3. The topological polar surface area (TPSA) is 163 Å². The first-order valence-corrected chi connectivity index (χ1v) is 10.1. The number of allylic oxidation sites excluding steroid dienone is 1. The molecular weight excluding hydrogens is 412 g/mol. The number of aliphatic hydroxyl groups is 5. The van der Waals surface area contributed by atoms with Gasteiger partial charge in [0, 0.05) is 12.0 Å². The zero-order valence-corrected chi connectivity index (χ0v) is 16.9. The lowest BCUT2D eigenvalue weighted by atomic mass is 9.85. The first-order chi connectivity index (χ1) is 14.8. The summed E-state index contributed by atoms with van der Waals surface area (Å²) in [6.07, 6.45) is -3.89. The van der Waals surface area contributed by atoms with Crippen LogP contribution in [0, 0.1) is 5.92 Å². The van der Waals surface area contributed by atoms with E-state index >= 15 is 0 Å². The Kier molecular flexibility index (Phi) is 7.76. The highest BCUT2D eigenvalue weighted by Gasteiger charge is 2.45. The SMILES string of the molecule is C=C1C(=O)O[C@@H]2/C=C(\CO[C@@H]3O[C@H](CO)[C@@H](O)[C@@H](O)[C@@H]3O)CC/C=C(/C=O)C[C@H](O)[C@@H]12. The van der Waals surface area contributed by atoms with Gasteiger partial charge in [-0.3, -0.25) is 4.79 Å². The Bertz CT molecular complexity index is 757. The number of rotatable bonds is 5. The van der Waals surface area contributed by atoms with Crippen molar-refractivity contribution in [3.63, 3.8) is 0 Å². The molecule has 0 saturated carbocycles. The molecule has 1 aliphatic carbocycles. The van der Waals surface area contributed by atoms with Crippen LogP contribution < -0.4 is 0 Å².